The highest BCUT2D eigenvalue weighted by molar-refractivity contribution is 8.00. The molecule has 0 aromatic carbocycles. The van der Waals surface area contributed by atoms with E-state index >= 15 is 0 Å². The summed E-state index contributed by atoms with van der Waals surface area (Å²) in [6.07, 6.45) is 5.01. The van der Waals surface area contributed by atoms with E-state index in [4.69, 9.17) is 4.74 Å². The van der Waals surface area contributed by atoms with E-state index in [0.29, 0.717) is 11.3 Å². The number of rotatable bonds is 3. The summed E-state index contributed by atoms with van der Waals surface area (Å²) in [6, 6.07) is 0. The number of thiophene rings is 1. The molecule has 1 aliphatic carbocycles. The largest absolute Gasteiger partial charge is 0.468 e. The number of ether oxygens (including phenoxy) is 1. The van der Waals surface area contributed by atoms with Gasteiger partial charge < -0.3 is 4.74 Å². The van der Waals surface area contributed by atoms with Crippen LogP contribution in [0.3, 0.4) is 0 Å². The Morgan fingerprint density at radius 1 is 1.43 bits per heavy atom. The number of thioether (sulfide) groups is 1. The van der Waals surface area contributed by atoms with Crippen LogP contribution in [0.1, 0.15) is 37.6 Å². The summed E-state index contributed by atoms with van der Waals surface area (Å²) in [5, 5.41) is 2.07. The Kier molecular flexibility index (Phi) is 4.65. The van der Waals surface area contributed by atoms with Crippen LogP contribution < -0.4 is 0 Å². The molecule has 6 heteroatoms. The average molecular weight is 351 g/mol. The van der Waals surface area contributed by atoms with Crippen LogP contribution in [0, 0.1) is 11.3 Å². The van der Waals surface area contributed by atoms with Crippen LogP contribution in [-0.2, 0) is 22.4 Å². The van der Waals surface area contributed by atoms with E-state index in [1.54, 1.807) is 17.7 Å². The first kappa shape index (κ1) is 16.7. The first-order valence-electron chi connectivity index (χ1n) is 7.85. The van der Waals surface area contributed by atoms with Gasteiger partial charge in [-0.05, 0) is 36.2 Å². The van der Waals surface area contributed by atoms with Crippen LogP contribution in [-0.4, -0.2) is 28.8 Å². The molecule has 0 bridgehead atoms. The summed E-state index contributed by atoms with van der Waals surface area (Å²) >= 11 is 3.24. The summed E-state index contributed by atoms with van der Waals surface area (Å²) in [6.45, 7) is 6.98. The van der Waals surface area contributed by atoms with Gasteiger partial charge in [0.2, 0.25) is 0 Å². The van der Waals surface area contributed by atoms with Gasteiger partial charge in [0.1, 0.15) is 16.2 Å². The normalized spacial score (nSPS) is 18.0. The molecule has 4 nitrogen and oxygen atoms in total. The maximum Gasteiger partial charge on any atom is 0.316 e. The van der Waals surface area contributed by atoms with Gasteiger partial charge in [-0.3, -0.25) is 4.79 Å². The Bertz CT molecular complexity index is 734. The number of nitrogens with zero attached hydrogens (tertiary/aromatic N) is 2. The molecule has 124 valence electrons. The minimum atomic E-state index is -0.223. The average Bonchev–Trinajstić information content (AvgIpc) is 2.89. The summed E-state index contributed by atoms with van der Waals surface area (Å²) < 4.78 is 4.73. The van der Waals surface area contributed by atoms with Crippen molar-refractivity contribution in [2.24, 2.45) is 11.3 Å². The van der Waals surface area contributed by atoms with Crippen molar-refractivity contribution >= 4 is 39.3 Å². The van der Waals surface area contributed by atoms with E-state index in [0.717, 1.165) is 28.1 Å². The minimum Gasteiger partial charge on any atom is -0.468 e. The highest BCUT2D eigenvalue weighted by Crippen LogP contribution is 2.44. The zero-order valence-electron chi connectivity index (χ0n) is 14.0. The second kappa shape index (κ2) is 6.40. The van der Waals surface area contributed by atoms with Gasteiger partial charge in [0.25, 0.3) is 0 Å². The van der Waals surface area contributed by atoms with Gasteiger partial charge in [0, 0.05) is 10.3 Å². The Hall–Kier alpha value is -1.14. The van der Waals surface area contributed by atoms with E-state index in [-0.39, 0.29) is 11.7 Å². The lowest BCUT2D eigenvalue weighted by molar-refractivity contribution is -0.137. The molecule has 1 atom stereocenters. The van der Waals surface area contributed by atoms with Crippen molar-refractivity contribution in [2.45, 2.75) is 45.1 Å². The second-order valence-electron chi connectivity index (χ2n) is 7.03. The Balaban J connectivity index is 1.94. The number of aromatic nitrogens is 2. The quantitative estimate of drug-likeness (QED) is 0.474. The number of hydrogen-bond donors (Lipinski definition) is 0. The first-order chi connectivity index (χ1) is 10.9. The van der Waals surface area contributed by atoms with Gasteiger partial charge in [0.05, 0.1) is 12.9 Å². The highest BCUT2D eigenvalue weighted by Gasteiger charge is 2.31. The molecular formula is C17H22N2O2S2. The van der Waals surface area contributed by atoms with Crippen LogP contribution in [0.25, 0.3) is 10.2 Å². The number of esters is 1. The van der Waals surface area contributed by atoms with Crippen molar-refractivity contribution < 1.29 is 9.53 Å². The summed E-state index contributed by atoms with van der Waals surface area (Å²) in [4.78, 5) is 22.8. The molecule has 0 fully saturated rings. The summed E-state index contributed by atoms with van der Waals surface area (Å²) in [5.74, 6) is 0.776. The highest BCUT2D eigenvalue weighted by atomic mass is 32.2. The zero-order chi connectivity index (χ0) is 16.6. The van der Waals surface area contributed by atoms with Gasteiger partial charge in [-0.1, -0.05) is 32.5 Å². The van der Waals surface area contributed by atoms with E-state index < -0.39 is 0 Å². The summed E-state index contributed by atoms with van der Waals surface area (Å²) in [7, 11) is 1.41. The topological polar surface area (TPSA) is 52.1 Å². The molecule has 0 spiro atoms. The Morgan fingerprint density at radius 2 is 2.22 bits per heavy atom. The van der Waals surface area contributed by atoms with Crippen molar-refractivity contribution in [3.63, 3.8) is 0 Å². The Labute approximate surface area is 145 Å². The molecule has 1 aliphatic rings. The molecule has 0 unspecified atom stereocenters. The molecule has 3 rings (SSSR count). The van der Waals surface area contributed by atoms with Gasteiger partial charge >= 0.3 is 5.97 Å². The number of methoxy groups -OCH3 is 1. The second-order valence-corrected chi connectivity index (χ2v) is 9.08. The molecule has 2 aromatic rings. The maximum absolute atomic E-state index is 11.4. The number of aryl methyl sites for hydroxylation is 1. The molecule has 0 aliphatic heterocycles. The third kappa shape index (κ3) is 3.38. The SMILES string of the molecule is COC(=O)CSc1ncnc2sc3c(c12)CC[C@@H](C(C)(C)C)C3. The van der Waals surface area contributed by atoms with Crippen molar-refractivity contribution in [1.29, 1.82) is 0 Å². The molecule has 23 heavy (non-hydrogen) atoms. The fourth-order valence-electron chi connectivity index (χ4n) is 3.12. The van der Waals surface area contributed by atoms with Crippen molar-refractivity contribution in [2.75, 3.05) is 12.9 Å². The minimum absolute atomic E-state index is 0.223. The predicted molar refractivity (Wildman–Crippen MR) is 95.1 cm³/mol. The fourth-order valence-corrected chi connectivity index (χ4v) is 5.31. The van der Waals surface area contributed by atoms with Crippen LogP contribution in [0.15, 0.2) is 11.4 Å². The lowest BCUT2D eigenvalue weighted by atomic mass is 9.72. The monoisotopic (exact) mass is 350 g/mol. The molecular weight excluding hydrogens is 328 g/mol. The van der Waals surface area contributed by atoms with Gasteiger partial charge in [-0.25, -0.2) is 9.97 Å². The maximum atomic E-state index is 11.4. The van der Waals surface area contributed by atoms with Crippen molar-refractivity contribution in [3.8, 4) is 0 Å². The van der Waals surface area contributed by atoms with Gasteiger partial charge in [-0.15, -0.1) is 11.3 Å². The van der Waals surface area contributed by atoms with Crippen molar-refractivity contribution in [3.05, 3.63) is 16.8 Å². The first-order valence-corrected chi connectivity index (χ1v) is 9.65. The standard InChI is InChI=1S/C17H22N2O2S2/c1-17(2,3)10-5-6-11-12(7-10)23-16-14(11)15(18-9-19-16)22-8-13(20)21-4/h9-10H,5-8H2,1-4H3/t10-/m1/s1. The molecule has 0 N–H and O–H groups in total. The lowest BCUT2D eigenvalue weighted by Gasteiger charge is -2.33. The van der Waals surface area contributed by atoms with E-state index in [1.165, 1.54) is 35.7 Å². The van der Waals surface area contributed by atoms with E-state index in [2.05, 4.69) is 30.7 Å². The van der Waals surface area contributed by atoms with Crippen LogP contribution in [0.5, 0.6) is 0 Å². The number of fused-ring (bicyclic) bond motifs is 3. The van der Waals surface area contributed by atoms with E-state index in [1.807, 2.05) is 0 Å². The van der Waals surface area contributed by atoms with E-state index in [9.17, 15) is 4.79 Å². The third-order valence-corrected chi connectivity index (χ3v) is 6.72. The van der Waals surface area contributed by atoms with Crippen LogP contribution in [0.2, 0.25) is 0 Å². The molecule has 2 heterocycles. The van der Waals surface area contributed by atoms with Crippen LogP contribution in [0.4, 0.5) is 0 Å². The Morgan fingerprint density at radius 3 is 2.91 bits per heavy atom. The molecule has 0 radical (unpaired) electrons. The third-order valence-electron chi connectivity index (χ3n) is 4.59. The molecule has 0 saturated carbocycles. The molecule has 2 aromatic heterocycles. The number of carbonyl (C=O) groups is 1. The zero-order valence-corrected chi connectivity index (χ0v) is 15.6. The van der Waals surface area contributed by atoms with Gasteiger partial charge in [-0.2, -0.15) is 0 Å². The van der Waals surface area contributed by atoms with Crippen LogP contribution >= 0.6 is 23.1 Å². The molecule has 0 amide bonds. The predicted octanol–water partition coefficient (Wildman–Crippen LogP) is 4.11. The smallest absolute Gasteiger partial charge is 0.316 e. The lowest BCUT2D eigenvalue weighted by Crippen LogP contribution is -2.26. The van der Waals surface area contributed by atoms with Crippen molar-refractivity contribution in [1.82, 2.24) is 9.97 Å². The molecule has 0 saturated heterocycles. The van der Waals surface area contributed by atoms with Gasteiger partial charge in [0.15, 0.2) is 0 Å². The fraction of sp³-hybridized carbons (Fsp3) is 0.588. The number of hydrogen-bond acceptors (Lipinski definition) is 6. The summed E-state index contributed by atoms with van der Waals surface area (Å²) in [5.41, 5.74) is 1.74. The number of carbonyl (C=O) groups excluding carboxylic acids is 1.